The van der Waals surface area contributed by atoms with Gasteiger partial charge in [0.1, 0.15) is 0 Å². The summed E-state index contributed by atoms with van der Waals surface area (Å²) in [4.78, 5) is 24.3. The van der Waals surface area contributed by atoms with Gasteiger partial charge in [-0.2, -0.15) is 0 Å². The van der Waals surface area contributed by atoms with Crippen LogP contribution in [0.5, 0.6) is 0 Å². The van der Waals surface area contributed by atoms with Gasteiger partial charge in [0.05, 0.1) is 18.0 Å². The molecule has 6 nitrogen and oxygen atoms in total. The molecule has 22 heavy (non-hydrogen) atoms. The Morgan fingerprint density at radius 1 is 1.36 bits per heavy atom. The average Bonchev–Trinajstić information content (AvgIpc) is 2.98. The molecule has 3 amide bonds. The van der Waals surface area contributed by atoms with Crippen molar-refractivity contribution < 1.29 is 9.59 Å². The second-order valence-corrected chi connectivity index (χ2v) is 6.00. The molecule has 8 heteroatoms. The highest BCUT2D eigenvalue weighted by atomic mass is 35.5. The quantitative estimate of drug-likeness (QED) is 0.575. The fraction of sp³-hybridized carbons (Fsp3) is 0.571. The Morgan fingerprint density at radius 2 is 2.00 bits per heavy atom. The van der Waals surface area contributed by atoms with Crippen molar-refractivity contribution in [2.75, 3.05) is 6.54 Å². The normalized spacial score (nSPS) is 12.1. The summed E-state index contributed by atoms with van der Waals surface area (Å²) in [5.41, 5.74) is 10.6. The van der Waals surface area contributed by atoms with Crippen LogP contribution in [-0.2, 0) is 4.79 Å². The molecule has 0 radical (unpaired) electrons. The molecule has 1 rings (SSSR count). The van der Waals surface area contributed by atoms with Gasteiger partial charge in [-0.05, 0) is 24.3 Å². The third-order valence-corrected chi connectivity index (χ3v) is 4.73. The largest absolute Gasteiger partial charge is 0.352 e. The van der Waals surface area contributed by atoms with Crippen LogP contribution in [0.25, 0.3) is 0 Å². The third-order valence-electron chi connectivity index (χ3n) is 3.74. The minimum Gasteiger partial charge on any atom is -0.352 e. The van der Waals surface area contributed by atoms with E-state index < -0.39 is 12.1 Å². The summed E-state index contributed by atoms with van der Waals surface area (Å²) in [6, 6.07) is 2.69. The maximum atomic E-state index is 12.3. The summed E-state index contributed by atoms with van der Waals surface area (Å²) in [6.07, 6.45) is 1.67. The maximum absolute atomic E-state index is 12.3. The van der Waals surface area contributed by atoms with E-state index in [-0.39, 0.29) is 30.3 Å². The molecule has 1 atom stereocenters. The first kappa shape index (κ1) is 20.7. The summed E-state index contributed by atoms with van der Waals surface area (Å²) in [6.45, 7) is 4.38. The monoisotopic (exact) mass is 348 g/mol. The molecule has 0 fully saturated rings. The van der Waals surface area contributed by atoms with Gasteiger partial charge in [-0.1, -0.05) is 19.9 Å². The fourth-order valence-corrected chi connectivity index (χ4v) is 2.96. The Hall–Kier alpha value is -1.31. The summed E-state index contributed by atoms with van der Waals surface area (Å²) < 4.78 is 0. The Labute approximate surface area is 141 Å². The van der Waals surface area contributed by atoms with Gasteiger partial charge in [-0.3, -0.25) is 4.79 Å². The van der Waals surface area contributed by atoms with Crippen molar-refractivity contribution in [3.63, 3.8) is 0 Å². The summed E-state index contributed by atoms with van der Waals surface area (Å²) in [5, 5.41) is 7.50. The van der Waals surface area contributed by atoms with Gasteiger partial charge >= 0.3 is 6.03 Å². The van der Waals surface area contributed by atoms with Crippen molar-refractivity contribution in [2.24, 2.45) is 11.5 Å². The number of carbonyl (C=O) groups excluding carboxylic acids is 2. The van der Waals surface area contributed by atoms with Crippen LogP contribution in [-0.4, -0.2) is 24.0 Å². The molecule has 0 aliphatic rings. The molecule has 1 unspecified atom stereocenters. The number of carbonyl (C=O) groups is 2. The first-order valence-electron chi connectivity index (χ1n) is 7.06. The van der Waals surface area contributed by atoms with Gasteiger partial charge in [0.25, 0.3) is 0 Å². The van der Waals surface area contributed by atoms with Gasteiger partial charge < -0.3 is 22.1 Å². The summed E-state index contributed by atoms with van der Waals surface area (Å²) in [7, 11) is 0. The Bertz CT molecular complexity index is 455. The van der Waals surface area contributed by atoms with E-state index in [4.69, 9.17) is 11.5 Å². The number of hydrogen-bond acceptors (Lipinski definition) is 4. The average molecular weight is 349 g/mol. The van der Waals surface area contributed by atoms with Crippen LogP contribution < -0.4 is 22.1 Å². The lowest BCUT2D eigenvalue weighted by Gasteiger charge is -2.32. The van der Waals surface area contributed by atoms with Crippen LogP contribution in [0.1, 0.15) is 44.0 Å². The molecule has 0 saturated heterocycles. The number of rotatable bonds is 8. The van der Waals surface area contributed by atoms with E-state index >= 15 is 0 Å². The van der Waals surface area contributed by atoms with Gasteiger partial charge in [0, 0.05) is 11.4 Å². The predicted octanol–water partition coefficient (Wildman–Crippen LogP) is 1.90. The van der Waals surface area contributed by atoms with E-state index in [1.165, 1.54) is 11.3 Å². The zero-order valence-corrected chi connectivity index (χ0v) is 14.6. The number of nitrogens with one attached hydrogen (secondary N) is 2. The zero-order valence-electron chi connectivity index (χ0n) is 12.9. The number of amides is 3. The minimum atomic E-state index is -0.641. The van der Waals surface area contributed by atoms with Crippen molar-refractivity contribution in [2.45, 2.75) is 44.7 Å². The zero-order chi connectivity index (χ0) is 15.9. The molecule has 6 N–H and O–H groups in total. The number of urea groups is 1. The predicted molar refractivity (Wildman–Crippen MR) is 92.2 cm³/mol. The lowest BCUT2D eigenvalue weighted by Crippen LogP contribution is -2.53. The Morgan fingerprint density at radius 3 is 2.41 bits per heavy atom. The summed E-state index contributed by atoms with van der Waals surface area (Å²) in [5.74, 6) is -0.142. The van der Waals surface area contributed by atoms with E-state index in [0.29, 0.717) is 6.54 Å². The first-order chi connectivity index (χ1) is 9.96. The first-order valence-corrected chi connectivity index (χ1v) is 7.94. The molecule has 0 spiro atoms. The van der Waals surface area contributed by atoms with E-state index in [1.54, 1.807) is 0 Å². The molecular formula is C14H25ClN4O2S. The Kier molecular flexibility index (Phi) is 9.08. The number of thiophene rings is 1. The number of primary amides is 1. The second-order valence-electron chi connectivity index (χ2n) is 5.02. The van der Waals surface area contributed by atoms with Crippen LogP contribution in [0.2, 0.25) is 0 Å². The van der Waals surface area contributed by atoms with Crippen molar-refractivity contribution in [1.82, 2.24) is 10.6 Å². The van der Waals surface area contributed by atoms with Crippen molar-refractivity contribution >= 4 is 35.7 Å². The molecule has 0 aliphatic carbocycles. The molecule has 126 valence electrons. The lowest BCUT2D eigenvalue weighted by atomic mass is 9.92. The molecule has 0 aromatic carbocycles. The summed E-state index contributed by atoms with van der Waals surface area (Å²) >= 11 is 1.48. The standard InChI is InChI=1S/C14H24N4O2S.ClH/c1-3-14(4-2,9-15)18-12(19)8-10(17-13(16)20)11-6-5-7-21-11;/h5-7,10H,3-4,8-9,15H2,1-2H3,(H,18,19)(H3,16,17,20);1H. The highest BCUT2D eigenvalue weighted by molar-refractivity contribution is 7.10. The molecule has 1 aromatic rings. The van der Waals surface area contributed by atoms with Gasteiger partial charge in [-0.25, -0.2) is 4.79 Å². The molecule has 0 bridgehead atoms. The SMILES string of the molecule is CCC(CC)(CN)NC(=O)CC(NC(N)=O)c1cccs1.Cl. The minimum absolute atomic E-state index is 0. The van der Waals surface area contributed by atoms with Crippen LogP contribution in [0.4, 0.5) is 4.79 Å². The van der Waals surface area contributed by atoms with E-state index in [2.05, 4.69) is 10.6 Å². The van der Waals surface area contributed by atoms with E-state index in [0.717, 1.165) is 17.7 Å². The van der Waals surface area contributed by atoms with E-state index in [9.17, 15) is 9.59 Å². The molecular weight excluding hydrogens is 324 g/mol. The molecule has 0 aliphatic heterocycles. The molecule has 1 aromatic heterocycles. The number of hydrogen-bond donors (Lipinski definition) is 4. The van der Waals surface area contributed by atoms with Crippen LogP contribution in [0.3, 0.4) is 0 Å². The van der Waals surface area contributed by atoms with Gasteiger partial charge in [0.15, 0.2) is 0 Å². The van der Waals surface area contributed by atoms with Gasteiger partial charge in [0.2, 0.25) is 5.91 Å². The van der Waals surface area contributed by atoms with Crippen molar-refractivity contribution in [3.05, 3.63) is 22.4 Å². The molecule has 0 saturated carbocycles. The third kappa shape index (κ3) is 5.82. The fourth-order valence-electron chi connectivity index (χ4n) is 2.18. The number of halogens is 1. The van der Waals surface area contributed by atoms with Gasteiger partial charge in [-0.15, -0.1) is 23.7 Å². The Balaban J connectivity index is 0.00000441. The van der Waals surface area contributed by atoms with Crippen molar-refractivity contribution in [1.29, 1.82) is 0 Å². The molecule has 1 heterocycles. The smallest absolute Gasteiger partial charge is 0.312 e. The van der Waals surface area contributed by atoms with E-state index in [1.807, 2.05) is 31.4 Å². The highest BCUT2D eigenvalue weighted by Gasteiger charge is 2.28. The lowest BCUT2D eigenvalue weighted by molar-refractivity contribution is -0.123. The van der Waals surface area contributed by atoms with Crippen molar-refractivity contribution in [3.8, 4) is 0 Å². The second kappa shape index (κ2) is 9.66. The van der Waals surface area contributed by atoms with Crippen LogP contribution >= 0.6 is 23.7 Å². The highest BCUT2D eigenvalue weighted by Crippen LogP contribution is 2.23. The maximum Gasteiger partial charge on any atom is 0.312 e. The topological polar surface area (TPSA) is 110 Å². The van der Waals surface area contributed by atoms with Crippen LogP contribution in [0, 0.1) is 0 Å². The number of nitrogens with two attached hydrogens (primary N) is 2. The van der Waals surface area contributed by atoms with Crippen LogP contribution in [0.15, 0.2) is 17.5 Å².